The number of anilines is 1. The summed E-state index contributed by atoms with van der Waals surface area (Å²) in [4.78, 5) is 25.3. The largest absolute Gasteiger partial charge is 0.353 e. The minimum Gasteiger partial charge on any atom is -0.353 e. The zero-order valence-corrected chi connectivity index (χ0v) is 20.0. The zero-order valence-electron chi connectivity index (χ0n) is 18.4. The Kier molecular flexibility index (Phi) is 9.24. The first-order valence-electron chi connectivity index (χ1n) is 10.3. The summed E-state index contributed by atoms with van der Waals surface area (Å²) in [7, 11) is -0.940. The van der Waals surface area contributed by atoms with Gasteiger partial charge in [-0.25, -0.2) is 4.98 Å². The van der Waals surface area contributed by atoms with Crippen molar-refractivity contribution in [2.24, 2.45) is 0 Å². The number of carbonyl (C=O) groups is 1. The molecule has 0 saturated carbocycles. The molecule has 8 heteroatoms. The van der Waals surface area contributed by atoms with Gasteiger partial charge >= 0.3 is 0 Å². The first kappa shape index (κ1) is 24.3. The average Bonchev–Trinajstić information content (AvgIpc) is 2.74. The zero-order chi connectivity index (χ0) is 22.3. The van der Waals surface area contributed by atoms with Crippen LogP contribution >= 0.6 is 11.6 Å². The van der Waals surface area contributed by atoms with Crippen LogP contribution in [-0.2, 0) is 15.6 Å². The number of amides is 1. The highest BCUT2D eigenvalue weighted by atomic mass is 35.5. The molecule has 6 nitrogen and oxygen atoms in total. The number of halogens is 1. The molecule has 1 aliphatic rings. The predicted molar refractivity (Wildman–Crippen MR) is 126 cm³/mol. The van der Waals surface area contributed by atoms with E-state index in [4.69, 9.17) is 11.6 Å². The summed E-state index contributed by atoms with van der Waals surface area (Å²) in [6, 6.07) is 4.07. The van der Waals surface area contributed by atoms with E-state index in [0.717, 1.165) is 28.2 Å². The van der Waals surface area contributed by atoms with Gasteiger partial charge in [0.2, 0.25) is 5.91 Å². The number of aromatic nitrogens is 2. The van der Waals surface area contributed by atoms with Crippen molar-refractivity contribution in [2.75, 3.05) is 43.1 Å². The van der Waals surface area contributed by atoms with Gasteiger partial charge in [-0.05, 0) is 31.0 Å². The van der Waals surface area contributed by atoms with Crippen molar-refractivity contribution in [1.29, 1.82) is 0 Å². The van der Waals surface area contributed by atoms with E-state index in [2.05, 4.69) is 20.9 Å². The number of hydrogen-bond donors (Lipinski definition) is 0. The van der Waals surface area contributed by atoms with Gasteiger partial charge in [0.15, 0.2) is 0 Å². The summed E-state index contributed by atoms with van der Waals surface area (Å²) in [6.07, 6.45) is 5.47. The van der Waals surface area contributed by atoms with Gasteiger partial charge in [-0.15, -0.1) is 0 Å². The van der Waals surface area contributed by atoms with Crippen molar-refractivity contribution in [2.45, 2.75) is 34.1 Å². The molecule has 2 aromatic heterocycles. The lowest BCUT2D eigenvalue weighted by Gasteiger charge is -2.35. The highest BCUT2D eigenvalue weighted by molar-refractivity contribution is 7.84. The van der Waals surface area contributed by atoms with Crippen LogP contribution in [0.2, 0.25) is 5.02 Å². The SMILES string of the molecule is CC.Cc1cnc(-c2cc(N3CCN(C(=O)CCS(C)=O)CC3)ncc2Cl)c(C)c1. The molecular formula is C22H31ClN4O2S. The van der Waals surface area contributed by atoms with Crippen molar-refractivity contribution < 1.29 is 9.00 Å². The Morgan fingerprint density at radius 1 is 1.10 bits per heavy atom. The quantitative estimate of drug-likeness (QED) is 0.692. The number of hydrogen-bond acceptors (Lipinski definition) is 5. The molecule has 3 rings (SSSR count). The van der Waals surface area contributed by atoms with Crippen molar-refractivity contribution >= 4 is 34.1 Å². The van der Waals surface area contributed by atoms with E-state index in [1.54, 1.807) is 12.5 Å². The fraction of sp³-hybridized carbons (Fsp3) is 0.500. The van der Waals surface area contributed by atoms with Crippen LogP contribution in [-0.4, -0.2) is 63.2 Å². The third-order valence-electron chi connectivity index (χ3n) is 4.87. The molecule has 0 bridgehead atoms. The lowest BCUT2D eigenvalue weighted by atomic mass is 10.1. The average molecular weight is 451 g/mol. The van der Waals surface area contributed by atoms with Crippen LogP contribution in [0.4, 0.5) is 5.82 Å². The van der Waals surface area contributed by atoms with E-state index in [-0.39, 0.29) is 5.91 Å². The van der Waals surface area contributed by atoms with E-state index in [1.807, 2.05) is 44.9 Å². The van der Waals surface area contributed by atoms with Gasteiger partial charge in [-0.2, -0.15) is 0 Å². The van der Waals surface area contributed by atoms with Crippen molar-refractivity contribution in [3.8, 4) is 11.3 Å². The van der Waals surface area contributed by atoms with Crippen LogP contribution in [0.3, 0.4) is 0 Å². The minimum atomic E-state index is -0.940. The number of nitrogens with zero attached hydrogens (tertiary/aromatic N) is 4. The topological polar surface area (TPSA) is 66.4 Å². The fourth-order valence-corrected chi connectivity index (χ4v) is 4.01. The second kappa shape index (κ2) is 11.4. The summed E-state index contributed by atoms with van der Waals surface area (Å²) in [6.45, 7) is 10.7. The van der Waals surface area contributed by atoms with Gasteiger partial charge in [0.25, 0.3) is 0 Å². The van der Waals surface area contributed by atoms with Gasteiger partial charge in [-0.1, -0.05) is 31.5 Å². The molecule has 0 aromatic carbocycles. The predicted octanol–water partition coefficient (Wildman–Crippen LogP) is 3.86. The standard InChI is InChI=1S/C20H25ClN4O2S.C2H6/c1-14-10-15(2)20(23-12-14)16-11-18(22-13-17(16)21)24-5-7-25(8-6-24)19(26)4-9-28(3)27;1-2/h10-13H,4-9H2,1-3H3;1-2H3. The maximum Gasteiger partial charge on any atom is 0.223 e. The number of carbonyl (C=O) groups excluding carboxylic acids is 1. The summed E-state index contributed by atoms with van der Waals surface area (Å²) >= 11 is 6.41. The Hall–Kier alpha value is -1.99. The van der Waals surface area contributed by atoms with Crippen LogP contribution in [0.15, 0.2) is 24.5 Å². The summed E-state index contributed by atoms with van der Waals surface area (Å²) in [5.74, 6) is 1.33. The molecular weight excluding hydrogens is 420 g/mol. The molecule has 1 amide bonds. The van der Waals surface area contributed by atoms with Crippen LogP contribution in [0.5, 0.6) is 0 Å². The molecule has 0 spiro atoms. The van der Waals surface area contributed by atoms with Gasteiger partial charge in [0.05, 0.1) is 10.7 Å². The number of piperazine rings is 1. The fourth-order valence-electron chi connectivity index (χ4n) is 3.35. The maximum atomic E-state index is 12.2. The molecule has 1 unspecified atom stereocenters. The number of rotatable bonds is 5. The van der Waals surface area contributed by atoms with Crippen molar-refractivity contribution in [3.63, 3.8) is 0 Å². The van der Waals surface area contributed by atoms with E-state index < -0.39 is 10.8 Å². The third-order valence-corrected chi connectivity index (χ3v) is 5.95. The van der Waals surface area contributed by atoms with Crippen molar-refractivity contribution in [3.05, 3.63) is 40.7 Å². The van der Waals surface area contributed by atoms with Crippen LogP contribution in [0.1, 0.15) is 31.4 Å². The van der Waals surface area contributed by atoms with E-state index in [1.165, 1.54) is 0 Å². The third kappa shape index (κ3) is 6.25. The monoisotopic (exact) mass is 450 g/mol. The lowest BCUT2D eigenvalue weighted by molar-refractivity contribution is -0.131. The molecule has 0 N–H and O–H groups in total. The molecule has 0 radical (unpaired) electrons. The molecule has 0 aliphatic carbocycles. The highest BCUT2D eigenvalue weighted by Crippen LogP contribution is 2.31. The van der Waals surface area contributed by atoms with E-state index >= 15 is 0 Å². The van der Waals surface area contributed by atoms with Gasteiger partial charge in [-0.3, -0.25) is 14.0 Å². The summed E-state index contributed by atoms with van der Waals surface area (Å²) in [5, 5.41) is 0.574. The molecule has 1 saturated heterocycles. The molecule has 1 atom stereocenters. The second-order valence-corrected chi connectivity index (χ2v) is 9.06. The number of pyridine rings is 2. The highest BCUT2D eigenvalue weighted by Gasteiger charge is 2.22. The smallest absolute Gasteiger partial charge is 0.223 e. The van der Waals surface area contributed by atoms with Gasteiger partial charge in [0, 0.05) is 73.4 Å². The van der Waals surface area contributed by atoms with Crippen LogP contribution in [0.25, 0.3) is 11.3 Å². The maximum absolute atomic E-state index is 12.2. The Morgan fingerprint density at radius 2 is 1.77 bits per heavy atom. The first-order valence-corrected chi connectivity index (χ1v) is 12.4. The van der Waals surface area contributed by atoms with E-state index in [9.17, 15) is 9.00 Å². The second-order valence-electron chi connectivity index (χ2n) is 7.10. The van der Waals surface area contributed by atoms with Gasteiger partial charge in [0.1, 0.15) is 5.82 Å². The van der Waals surface area contributed by atoms with Crippen molar-refractivity contribution in [1.82, 2.24) is 14.9 Å². The number of aryl methyl sites for hydroxylation is 2. The molecule has 1 aliphatic heterocycles. The lowest BCUT2D eigenvalue weighted by Crippen LogP contribution is -2.49. The molecule has 2 aromatic rings. The Morgan fingerprint density at radius 3 is 2.37 bits per heavy atom. The molecule has 1 fully saturated rings. The Bertz CT molecular complexity index is 899. The van der Waals surface area contributed by atoms with Crippen LogP contribution in [0, 0.1) is 13.8 Å². The molecule has 30 heavy (non-hydrogen) atoms. The van der Waals surface area contributed by atoms with E-state index in [0.29, 0.717) is 43.4 Å². The Balaban J connectivity index is 0.00000155. The summed E-state index contributed by atoms with van der Waals surface area (Å²) in [5.41, 5.74) is 3.91. The van der Waals surface area contributed by atoms with Crippen LogP contribution < -0.4 is 4.90 Å². The first-order chi connectivity index (χ1) is 14.3. The molecule has 3 heterocycles. The van der Waals surface area contributed by atoms with Gasteiger partial charge < -0.3 is 9.80 Å². The Labute approximate surface area is 187 Å². The summed E-state index contributed by atoms with van der Waals surface area (Å²) < 4.78 is 11.2. The normalized spacial score (nSPS) is 14.7. The minimum absolute atomic E-state index is 0.0686. The molecule has 164 valence electrons.